The van der Waals surface area contributed by atoms with Crippen molar-refractivity contribution in [3.8, 4) is 11.1 Å². The molecule has 160 valence electrons. The summed E-state index contributed by atoms with van der Waals surface area (Å²) in [7, 11) is 0. The van der Waals surface area contributed by atoms with E-state index in [0.29, 0.717) is 6.04 Å². The number of benzene rings is 1. The quantitative estimate of drug-likeness (QED) is 0.517. The largest absolute Gasteiger partial charge is 0.381 e. The second-order valence-corrected chi connectivity index (χ2v) is 8.16. The van der Waals surface area contributed by atoms with Gasteiger partial charge in [0.2, 0.25) is 0 Å². The lowest BCUT2D eigenvalue weighted by molar-refractivity contribution is 0.0753. The lowest BCUT2D eigenvalue weighted by atomic mass is 10.1. The molecule has 0 bridgehead atoms. The number of hydrogen-bond donors (Lipinski definition) is 1. The number of rotatable bonds is 5. The molecule has 1 atom stereocenters. The molecule has 1 N–H and O–H groups in total. The number of hydrogen-bond acceptors (Lipinski definition) is 5. The first kappa shape index (κ1) is 20.0. The van der Waals surface area contributed by atoms with Crippen molar-refractivity contribution in [3.63, 3.8) is 0 Å². The van der Waals surface area contributed by atoms with Gasteiger partial charge in [-0.1, -0.05) is 6.92 Å². The summed E-state index contributed by atoms with van der Waals surface area (Å²) >= 11 is 0. The van der Waals surface area contributed by atoms with Gasteiger partial charge in [-0.25, -0.2) is 13.9 Å². The lowest BCUT2D eigenvalue weighted by Crippen LogP contribution is -2.36. The van der Waals surface area contributed by atoms with Crippen molar-refractivity contribution in [1.82, 2.24) is 24.9 Å². The van der Waals surface area contributed by atoms with Crippen molar-refractivity contribution < 1.29 is 9.13 Å². The van der Waals surface area contributed by atoms with Crippen molar-refractivity contribution in [2.45, 2.75) is 45.2 Å². The van der Waals surface area contributed by atoms with Crippen LogP contribution in [0.2, 0.25) is 0 Å². The Hall–Kier alpha value is -2.90. The summed E-state index contributed by atoms with van der Waals surface area (Å²) in [6.45, 7) is 5.89. The number of nitrogens with zero attached hydrogens (tertiary/aromatic N) is 4. The zero-order chi connectivity index (χ0) is 21.4. The highest BCUT2D eigenvalue weighted by Crippen LogP contribution is 2.28. The Bertz CT molecular complexity index is 1230. The Morgan fingerprint density at radius 2 is 2.03 bits per heavy atom. The van der Waals surface area contributed by atoms with E-state index in [9.17, 15) is 4.39 Å². The van der Waals surface area contributed by atoms with Gasteiger partial charge in [-0.15, -0.1) is 0 Å². The maximum absolute atomic E-state index is 13.7. The highest BCUT2D eigenvalue weighted by Gasteiger charge is 2.20. The molecule has 1 saturated heterocycles. The van der Waals surface area contributed by atoms with E-state index in [2.05, 4.69) is 35.3 Å². The van der Waals surface area contributed by atoms with Crippen molar-refractivity contribution in [3.05, 3.63) is 59.9 Å². The van der Waals surface area contributed by atoms with Crippen LogP contribution in [0.15, 0.2) is 42.7 Å². The average Bonchev–Trinajstić information content (AvgIpc) is 3.22. The molecular weight excluding hydrogens is 393 g/mol. The molecule has 1 aliphatic rings. The fraction of sp³-hybridized carbons (Fsp3) is 0.375. The van der Waals surface area contributed by atoms with Crippen molar-refractivity contribution in [2.24, 2.45) is 0 Å². The van der Waals surface area contributed by atoms with Crippen LogP contribution in [0.25, 0.3) is 27.7 Å². The summed E-state index contributed by atoms with van der Waals surface area (Å²) in [5.74, 6) is -0.270. The van der Waals surface area contributed by atoms with E-state index in [-0.39, 0.29) is 11.9 Å². The molecule has 1 aromatic carbocycles. The molecule has 0 radical (unpaired) electrons. The van der Waals surface area contributed by atoms with Crippen LogP contribution in [0.5, 0.6) is 0 Å². The molecule has 1 fully saturated rings. The predicted octanol–water partition coefficient (Wildman–Crippen LogP) is 4.48. The molecule has 6 nitrogen and oxygen atoms in total. The molecular formula is C24H26FN5O. The second-order valence-electron chi connectivity index (χ2n) is 8.16. The third kappa shape index (κ3) is 3.91. The molecule has 0 amide bonds. The van der Waals surface area contributed by atoms with E-state index < -0.39 is 0 Å². The summed E-state index contributed by atoms with van der Waals surface area (Å²) in [6, 6.07) is 9.27. The van der Waals surface area contributed by atoms with Gasteiger partial charge in [0.05, 0.1) is 17.4 Å². The molecule has 4 aromatic rings. The summed E-state index contributed by atoms with van der Waals surface area (Å²) in [4.78, 5) is 9.49. The summed E-state index contributed by atoms with van der Waals surface area (Å²) < 4.78 is 21.1. The maximum Gasteiger partial charge on any atom is 0.163 e. The standard InChI is InChI=1S/C24H26FN5O/c1-3-20-12-23(15(2)28-19-6-8-31-9-7-19)29-24-21(14-27-30(20)24)17-10-16-11-18(25)4-5-22(16)26-13-17/h4-5,10-15,19,28H,3,6-9H2,1-2H3. The minimum atomic E-state index is -0.270. The van der Waals surface area contributed by atoms with Crippen LogP contribution < -0.4 is 5.32 Å². The average molecular weight is 420 g/mol. The van der Waals surface area contributed by atoms with E-state index in [1.807, 2.05) is 16.8 Å². The molecule has 0 spiro atoms. The van der Waals surface area contributed by atoms with Gasteiger partial charge >= 0.3 is 0 Å². The Labute approximate surface area is 180 Å². The minimum Gasteiger partial charge on any atom is -0.381 e. The Morgan fingerprint density at radius 3 is 2.84 bits per heavy atom. The highest BCUT2D eigenvalue weighted by atomic mass is 19.1. The number of aryl methyl sites for hydroxylation is 1. The van der Waals surface area contributed by atoms with Gasteiger partial charge < -0.3 is 10.1 Å². The Morgan fingerprint density at radius 1 is 1.19 bits per heavy atom. The number of ether oxygens (including phenoxy) is 1. The number of aromatic nitrogens is 4. The molecule has 4 heterocycles. The molecule has 1 unspecified atom stereocenters. The monoisotopic (exact) mass is 419 g/mol. The number of fused-ring (bicyclic) bond motifs is 2. The summed E-state index contributed by atoms with van der Waals surface area (Å²) in [5.41, 5.74) is 5.44. The van der Waals surface area contributed by atoms with Crippen molar-refractivity contribution in [2.75, 3.05) is 13.2 Å². The van der Waals surface area contributed by atoms with Gasteiger partial charge in [-0.3, -0.25) is 4.98 Å². The van der Waals surface area contributed by atoms with E-state index in [0.717, 1.165) is 71.5 Å². The SMILES string of the molecule is CCc1cc(C(C)NC2CCOCC2)nc2c(-c3cnc4ccc(F)cc4c3)cnn12. The fourth-order valence-electron chi connectivity index (χ4n) is 4.28. The zero-order valence-corrected chi connectivity index (χ0v) is 17.8. The van der Waals surface area contributed by atoms with Crippen LogP contribution >= 0.6 is 0 Å². The van der Waals surface area contributed by atoms with Crippen molar-refractivity contribution >= 4 is 16.6 Å². The summed E-state index contributed by atoms with van der Waals surface area (Å²) in [5, 5.41) is 9.06. The molecule has 31 heavy (non-hydrogen) atoms. The second kappa shape index (κ2) is 8.32. The topological polar surface area (TPSA) is 64.3 Å². The number of nitrogens with one attached hydrogen (secondary N) is 1. The van der Waals surface area contributed by atoms with Gasteiger partial charge in [0.25, 0.3) is 0 Å². The van der Waals surface area contributed by atoms with E-state index in [1.54, 1.807) is 12.3 Å². The van der Waals surface area contributed by atoms with Gasteiger partial charge in [0.15, 0.2) is 5.65 Å². The molecule has 3 aromatic heterocycles. The molecule has 7 heteroatoms. The van der Waals surface area contributed by atoms with E-state index in [1.165, 1.54) is 12.1 Å². The third-order valence-electron chi connectivity index (χ3n) is 6.03. The third-order valence-corrected chi connectivity index (χ3v) is 6.03. The first-order valence-electron chi connectivity index (χ1n) is 10.9. The summed E-state index contributed by atoms with van der Waals surface area (Å²) in [6.07, 6.45) is 6.51. The van der Waals surface area contributed by atoms with Gasteiger partial charge in [-0.2, -0.15) is 5.10 Å². The normalized spacial score (nSPS) is 16.2. The predicted molar refractivity (Wildman–Crippen MR) is 118 cm³/mol. The van der Waals surface area contributed by atoms with Crippen LogP contribution in [0.1, 0.15) is 44.1 Å². The lowest BCUT2D eigenvalue weighted by Gasteiger charge is -2.26. The first-order chi connectivity index (χ1) is 15.1. The minimum absolute atomic E-state index is 0.116. The molecule has 0 aliphatic carbocycles. The van der Waals surface area contributed by atoms with Crippen molar-refractivity contribution in [1.29, 1.82) is 0 Å². The van der Waals surface area contributed by atoms with E-state index >= 15 is 0 Å². The number of pyridine rings is 1. The Balaban J connectivity index is 1.56. The smallest absolute Gasteiger partial charge is 0.163 e. The van der Waals surface area contributed by atoms with Crippen LogP contribution in [0, 0.1) is 5.82 Å². The van der Waals surface area contributed by atoms with E-state index in [4.69, 9.17) is 9.72 Å². The van der Waals surface area contributed by atoms with Crippen LogP contribution in [-0.2, 0) is 11.2 Å². The van der Waals surface area contributed by atoms with Crippen LogP contribution in [-0.4, -0.2) is 38.8 Å². The first-order valence-corrected chi connectivity index (χ1v) is 10.9. The van der Waals surface area contributed by atoms with Crippen LogP contribution in [0.4, 0.5) is 4.39 Å². The highest BCUT2D eigenvalue weighted by molar-refractivity contribution is 5.86. The zero-order valence-electron chi connectivity index (χ0n) is 17.8. The number of halogens is 1. The molecule has 0 saturated carbocycles. The van der Waals surface area contributed by atoms with Gasteiger partial charge in [0, 0.05) is 53.7 Å². The Kier molecular flexibility index (Phi) is 5.38. The molecule has 5 rings (SSSR count). The van der Waals surface area contributed by atoms with Crippen LogP contribution in [0.3, 0.4) is 0 Å². The van der Waals surface area contributed by atoms with Gasteiger partial charge in [-0.05, 0) is 56.5 Å². The van der Waals surface area contributed by atoms with Gasteiger partial charge in [0.1, 0.15) is 5.82 Å². The molecule has 1 aliphatic heterocycles. The maximum atomic E-state index is 13.7. The fourth-order valence-corrected chi connectivity index (χ4v) is 4.28.